The number of sulfonamides is 1. The third kappa shape index (κ3) is 6.15. The molecule has 37 heavy (non-hydrogen) atoms. The van der Waals surface area contributed by atoms with Crippen LogP contribution in [0.4, 0.5) is 18.9 Å². The number of benzene rings is 2. The first-order chi connectivity index (χ1) is 17.5. The van der Waals surface area contributed by atoms with Gasteiger partial charge in [0.05, 0.1) is 28.0 Å². The first kappa shape index (κ1) is 27.5. The predicted molar refractivity (Wildman–Crippen MR) is 134 cm³/mol. The summed E-state index contributed by atoms with van der Waals surface area (Å²) in [5.41, 5.74) is -0.244. The van der Waals surface area contributed by atoms with Gasteiger partial charge in [0.1, 0.15) is 5.75 Å². The lowest BCUT2D eigenvalue weighted by molar-refractivity contribution is -0.137. The normalized spacial score (nSPS) is 19.6. The maximum Gasteiger partial charge on any atom is 0.416 e. The van der Waals surface area contributed by atoms with Gasteiger partial charge >= 0.3 is 6.18 Å². The number of amides is 1. The maximum absolute atomic E-state index is 13.3. The van der Waals surface area contributed by atoms with Crippen molar-refractivity contribution in [3.8, 4) is 5.75 Å². The van der Waals surface area contributed by atoms with E-state index in [-0.39, 0.29) is 22.4 Å². The Morgan fingerprint density at radius 1 is 1.08 bits per heavy atom. The molecule has 0 saturated carbocycles. The zero-order valence-corrected chi connectivity index (χ0v) is 21.9. The van der Waals surface area contributed by atoms with Gasteiger partial charge in [0.15, 0.2) is 0 Å². The monoisotopic (exact) mass is 559 g/mol. The Labute approximate surface area is 219 Å². The second kappa shape index (κ2) is 11.1. The van der Waals surface area contributed by atoms with Crippen molar-refractivity contribution < 1.29 is 31.1 Å². The quantitative estimate of drug-likeness (QED) is 0.521. The molecule has 202 valence electrons. The van der Waals surface area contributed by atoms with E-state index in [1.165, 1.54) is 28.6 Å². The minimum absolute atomic E-state index is 0.0451. The molecule has 4 rings (SSSR count). The highest BCUT2D eigenvalue weighted by atomic mass is 35.5. The molecule has 1 amide bonds. The van der Waals surface area contributed by atoms with E-state index in [4.69, 9.17) is 16.3 Å². The lowest BCUT2D eigenvalue weighted by atomic mass is 9.97. The molecule has 2 saturated heterocycles. The van der Waals surface area contributed by atoms with E-state index >= 15 is 0 Å². The molecule has 2 aliphatic rings. The molecule has 7 nitrogen and oxygen atoms in total. The van der Waals surface area contributed by atoms with Crippen molar-refractivity contribution in [2.24, 2.45) is 5.92 Å². The molecular weight excluding hydrogens is 531 g/mol. The summed E-state index contributed by atoms with van der Waals surface area (Å²) < 4.78 is 72.4. The summed E-state index contributed by atoms with van der Waals surface area (Å²) in [4.78, 5) is 16.8. The van der Waals surface area contributed by atoms with E-state index in [1.54, 1.807) is 17.9 Å². The number of carbonyl (C=O) groups is 1. The van der Waals surface area contributed by atoms with E-state index in [1.807, 2.05) is 4.90 Å². The highest BCUT2D eigenvalue weighted by Crippen LogP contribution is 2.33. The molecule has 0 radical (unpaired) electrons. The molecule has 0 unspecified atom stereocenters. The van der Waals surface area contributed by atoms with Crippen LogP contribution in [0.1, 0.15) is 25.3 Å². The Balaban J connectivity index is 1.39. The zero-order valence-electron chi connectivity index (χ0n) is 20.4. The first-order valence-corrected chi connectivity index (χ1v) is 14.0. The minimum Gasteiger partial charge on any atom is -0.492 e. The number of nitrogens with zero attached hydrogens (tertiary/aromatic N) is 3. The molecule has 0 spiro atoms. The lowest BCUT2D eigenvalue weighted by Crippen LogP contribution is -2.53. The third-order valence-electron chi connectivity index (χ3n) is 6.70. The Morgan fingerprint density at radius 3 is 2.46 bits per heavy atom. The van der Waals surface area contributed by atoms with Gasteiger partial charge < -0.3 is 14.5 Å². The molecule has 0 aromatic heterocycles. The van der Waals surface area contributed by atoms with Crippen molar-refractivity contribution in [2.45, 2.75) is 30.8 Å². The minimum atomic E-state index is -4.42. The molecule has 12 heteroatoms. The van der Waals surface area contributed by atoms with Crippen LogP contribution in [0.15, 0.2) is 47.4 Å². The summed E-state index contributed by atoms with van der Waals surface area (Å²) in [6, 6.07) is 9.50. The van der Waals surface area contributed by atoms with Crippen molar-refractivity contribution in [1.29, 1.82) is 0 Å². The number of hydrogen-bond donors (Lipinski definition) is 0. The van der Waals surface area contributed by atoms with Crippen LogP contribution in [0.2, 0.25) is 5.02 Å². The van der Waals surface area contributed by atoms with Crippen LogP contribution in [0, 0.1) is 5.92 Å². The average Bonchev–Trinajstić information content (AvgIpc) is 2.89. The molecular formula is C25H29ClF3N3O4S. The summed E-state index contributed by atoms with van der Waals surface area (Å²) >= 11 is 6.19. The molecule has 2 aliphatic heterocycles. The first-order valence-electron chi connectivity index (χ1n) is 12.1. The van der Waals surface area contributed by atoms with Crippen LogP contribution in [0.5, 0.6) is 5.75 Å². The molecule has 2 aromatic carbocycles. The van der Waals surface area contributed by atoms with Crippen LogP contribution in [0.3, 0.4) is 0 Å². The number of hydrogen-bond acceptors (Lipinski definition) is 5. The third-order valence-corrected chi connectivity index (χ3v) is 8.86. The lowest BCUT2D eigenvalue weighted by Gasteiger charge is -2.39. The Morgan fingerprint density at radius 2 is 1.81 bits per heavy atom. The van der Waals surface area contributed by atoms with E-state index in [0.717, 1.165) is 12.1 Å². The average molecular weight is 560 g/mol. The van der Waals surface area contributed by atoms with Crippen LogP contribution < -0.4 is 9.64 Å². The fourth-order valence-corrected chi connectivity index (χ4v) is 6.60. The highest BCUT2D eigenvalue weighted by molar-refractivity contribution is 7.89. The Hall–Kier alpha value is -2.50. The molecule has 2 aromatic rings. The van der Waals surface area contributed by atoms with Gasteiger partial charge in [-0.05, 0) is 56.2 Å². The number of piperazine rings is 1. The smallest absolute Gasteiger partial charge is 0.416 e. The van der Waals surface area contributed by atoms with E-state index in [0.29, 0.717) is 63.6 Å². The summed E-state index contributed by atoms with van der Waals surface area (Å²) in [5.74, 6) is -0.214. The molecule has 2 fully saturated rings. The second-order valence-corrected chi connectivity index (χ2v) is 11.4. The van der Waals surface area contributed by atoms with E-state index in [2.05, 4.69) is 0 Å². The summed E-state index contributed by atoms with van der Waals surface area (Å²) in [6.07, 6.45) is -3.30. The van der Waals surface area contributed by atoms with Gasteiger partial charge in [-0.15, -0.1) is 0 Å². The number of carbonyl (C=O) groups excluding carboxylic acids is 1. The van der Waals surface area contributed by atoms with Crippen LogP contribution in [0.25, 0.3) is 0 Å². The molecule has 2 heterocycles. The van der Waals surface area contributed by atoms with Gasteiger partial charge in [0.2, 0.25) is 15.9 Å². The standard InChI is InChI=1S/C25H29ClF3N3O4S/c1-2-36-23-9-8-21(16-22(23)26)37(34,35)32-10-4-5-18(17-32)24(33)31-13-11-30(12-14-31)20-7-3-6-19(15-20)25(27,28)29/h3,6-9,15-16,18H,2,4-5,10-14,17H2,1H3/t18-/m1/s1. The topological polar surface area (TPSA) is 70.2 Å². The highest BCUT2D eigenvalue weighted by Gasteiger charge is 2.36. The molecule has 0 aliphatic carbocycles. The Kier molecular flexibility index (Phi) is 8.25. The van der Waals surface area contributed by atoms with Gasteiger partial charge in [-0.1, -0.05) is 17.7 Å². The largest absolute Gasteiger partial charge is 0.492 e. The summed E-state index contributed by atoms with van der Waals surface area (Å²) in [5, 5.41) is 0.200. The van der Waals surface area contributed by atoms with Crippen molar-refractivity contribution in [3.63, 3.8) is 0 Å². The summed E-state index contributed by atoms with van der Waals surface area (Å²) in [6.45, 7) is 4.08. The van der Waals surface area contributed by atoms with Crippen molar-refractivity contribution >= 4 is 33.2 Å². The molecule has 0 bridgehead atoms. The number of halogens is 4. The molecule has 0 N–H and O–H groups in total. The number of anilines is 1. The maximum atomic E-state index is 13.3. The summed E-state index contributed by atoms with van der Waals surface area (Å²) in [7, 11) is -3.85. The van der Waals surface area contributed by atoms with Gasteiger partial charge in [-0.25, -0.2) is 8.42 Å². The Bertz CT molecular complexity index is 1230. The van der Waals surface area contributed by atoms with Gasteiger partial charge in [0.25, 0.3) is 0 Å². The number of ether oxygens (including phenoxy) is 1. The predicted octanol–water partition coefficient (Wildman–Crippen LogP) is 4.51. The zero-order chi connectivity index (χ0) is 26.8. The van der Waals surface area contributed by atoms with Crippen molar-refractivity contribution in [1.82, 2.24) is 9.21 Å². The van der Waals surface area contributed by atoms with Gasteiger partial charge in [-0.2, -0.15) is 17.5 Å². The number of rotatable bonds is 6. The van der Waals surface area contributed by atoms with E-state index < -0.39 is 27.7 Å². The van der Waals surface area contributed by atoms with Gasteiger partial charge in [-0.3, -0.25) is 4.79 Å². The number of alkyl halides is 3. The van der Waals surface area contributed by atoms with Crippen LogP contribution in [-0.4, -0.2) is 69.4 Å². The number of piperidine rings is 1. The SMILES string of the molecule is CCOc1ccc(S(=O)(=O)N2CCC[C@@H](C(=O)N3CCN(c4cccc(C(F)(F)F)c4)CC3)C2)cc1Cl. The van der Waals surface area contributed by atoms with Gasteiger partial charge in [0, 0.05) is 45.0 Å². The van der Waals surface area contributed by atoms with Crippen molar-refractivity contribution in [3.05, 3.63) is 53.1 Å². The van der Waals surface area contributed by atoms with Crippen LogP contribution >= 0.6 is 11.6 Å². The van der Waals surface area contributed by atoms with Crippen molar-refractivity contribution in [2.75, 3.05) is 50.8 Å². The van der Waals surface area contributed by atoms with E-state index in [9.17, 15) is 26.4 Å². The molecule has 1 atom stereocenters. The fourth-order valence-electron chi connectivity index (χ4n) is 4.75. The van der Waals surface area contributed by atoms with Crippen LogP contribution in [-0.2, 0) is 21.0 Å². The fraction of sp³-hybridized carbons (Fsp3) is 0.480. The second-order valence-electron chi connectivity index (χ2n) is 9.09.